The van der Waals surface area contributed by atoms with Gasteiger partial charge in [-0.3, -0.25) is 14.9 Å². The molecule has 0 heterocycles. The number of nitrogens with zero attached hydrogens (tertiary/aromatic N) is 1. The zero-order valence-corrected chi connectivity index (χ0v) is 13.3. The lowest BCUT2D eigenvalue weighted by Crippen LogP contribution is -2.33. The number of carbonyl (C=O) groups excluding carboxylic acids is 1. The number of amides is 1. The zero-order chi connectivity index (χ0) is 16.8. The summed E-state index contributed by atoms with van der Waals surface area (Å²) in [5, 5.41) is 13.9. The molecule has 0 aliphatic heterocycles. The zero-order valence-electron chi connectivity index (χ0n) is 13.3. The fourth-order valence-corrected chi connectivity index (χ4v) is 2.47. The first-order valence-corrected chi connectivity index (χ1v) is 7.58. The van der Waals surface area contributed by atoms with Gasteiger partial charge in [0, 0.05) is 23.2 Å². The van der Waals surface area contributed by atoms with E-state index in [0.717, 1.165) is 12.8 Å². The van der Waals surface area contributed by atoms with E-state index in [1.54, 1.807) is 13.0 Å². The number of rotatable bonds is 6. The molecule has 0 unspecified atom stereocenters. The number of aryl methyl sites for hydroxylation is 1. The van der Waals surface area contributed by atoms with Crippen LogP contribution in [0.3, 0.4) is 0 Å². The Kier molecular flexibility index (Phi) is 5.46. The van der Waals surface area contributed by atoms with Gasteiger partial charge in [-0.2, -0.15) is 0 Å². The van der Waals surface area contributed by atoms with Crippen LogP contribution in [-0.4, -0.2) is 16.9 Å². The molecule has 0 aromatic heterocycles. The normalized spacial score (nSPS) is 11.7. The maximum Gasteiger partial charge on any atom is 0.273 e. The SMILES string of the molecule is Cc1c(C(=O)N[C@@H](C)CCc2ccccc2)cccc1[N+](=O)[O-]. The molecule has 2 rings (SSSR count). The monoisotopic (exact) mass is 312 g/mol. The molecule has 2 aromatic rings. The van der Waals surface area contributed by atoms with E-state index in [9.17, 15) is 14.9 Å². The first-order valence-electron chi connectivity index (χ1n) is 7.58. The second-order valence-electron chi connectivity index (χ2n) is 5.61. The van der Waals surface area contributed by atoms with Crippen molar-refractivity contribution in [1.29, 1.82) is 0 Å². The van der Waals surface area contributed by atoms with Crippen molar-refractivity contribution >= 4 is 11.6 Å². The Labute approximate surface area is 135 Å². The van der Waals surface area contributed by atoms with Gasteiger partial charge in [0.1, 0.15) is 0 Å². The minimum Gasteiger partial charge on any atom is -0.350 e. The van der Waals surface area contributed by atoms with Crippen molar-refractivity contribution in [2.24, 2.45) is 0 Å². The quantitative estimate of drug-likeness (QED) is 0.653. The summed E-state index contributed by atoms with van der Waals surface area (Å²) in [5.74, 6) is -0.272. The molecular weight excluding hydrogens is 292 g/mol. The van der Waals surface area contributed by atoms with Crippen LogP contribution in [0.15, 0.2) is 48.5 Å². The van der Waals surface area contributed by atoms with Crippen LogP contribution in [0.2, 0.25) is 0 Å². The molecule has 0 aliphatic rings. The Hall–Kier alpha value is -2.69. The van der Waals surface area contributed by atoms with E-state index in [-0.39, 0.29) is 17.6 Å². The molecule has 0 fully saturated rings. The van der Waals surface area contributed by atoms with Crippen molar-refractivity contribution in [2.75, 3.05) is 0 Å². The van der Waals surface area contributed by atoms with Crippen molar-refractivity contribution in [3.8, 4) is 0 Å². The molecule has 1 N–H and O–H groups in total. The molecule has 0 aliphatic carbocycles. The summed E-state index contributed by atoms with van der Waals surface area (Å²) in [6, 6.07) is 14.6. The molecular formula is C18H20N2O3. The maximum atomic E-state index is 12.3. The summed E-state index contributed by atoms with van der Waals surface area (Å²) in [6.45, 7) is 3.54. The number of nitro benzene ring substituents is 1. The van der Waals surface area contributed by atoms with Gasteiger partial charge in [0.15, 0.2) is 0 Å². The molecule has 0 radical (unpaired) electrons. The summed E-state index contributed by atoms with van der Waals surface area (Å²) in [5.41, 5.74) is 1.94. The standard InChI is InChI=1S/C18H20N2O3/c1-13(11-12-15-7-4-3-5-8-15)19-18(21)16-9-6-10-17(14(16)2)20(22)23/h3-10,13H,11-12H2,1-2H3,(H,19,21)/t13-/m0/s1. The lowest BCUT2D eigenvalue weighted by atomic mass is 10.0. The Morgan fingerprint density at radius 1 is 1.17 bits per heavy atom. The number of benzene rings is 2. The number of hydrogen-bond acceptors (Lipinski definition) is 3. The molecule has 5 heteroatoms. The van der Waals surface area contributed by atoms with Gasteiger partial charge < -0.3 is 5.32 Å². The van der Waals surface area contributed by atoms with Gasteiger partial charge in [0.05, 0.1) is 4.92 Å². The fourth-order valence-electron chi connectivity index (χ4n) is 2.47. The van der Waals surface area contributed by atoms with Gasteiger partial charge >= 0.3 is 0 Å². The second-order valence-corrected chi connectivity index (χ2v) is 5.61. The Morgan fingerprint density at radius 2 is 1.87 bits per heavy atom. The number of carbonyl (C=O) groups is 1. The predicted octanol–water partition coefficient (Wildman–Crippen LogP) is 3.65. The van der Waals surface area contributed by atoms with Gasteiger partial charge in [-0.1, -0.05) is 36.4 Å². The molecule has 1 amide bonds. The molecule has 1 atom stereocenters. The third-order valence-corrected chi connectivity index (χ3v) is 3.83. The third kappa shape index (κ3) is 4.39. The van der Waals surface area contributed by atoms with E-state index in [2.05, 4.69) is 17.4 Å². The van der Waals surface area contributed by atoms with Gasteiger partial charge in [0.25, 0.3) is 11.6 Å². The van der Waals surface area contributed by atoms with Gasteiger partial charge in [-0.25, -0.2) is 0 Å². The molecule has 23 heavy (non-hydrogen) atoms. The first kappa shape index (κ1) is 16.7. The molecule has 120 valence electrons. The lowest BCUT2D eigenvalue weighted by molar-refractivity contribution is -0.385. The van der Waals surface area contributed by atoms with Gasteiger partial charge in [0.2, 0.25) is 0 Å². The van der Waals surface area contributed by atoms with Crippen molar-refractivity contribution in [3.05, 3.63) is 75.3 Å². The maximum absolute atomic E-state index is 12.3. The Morgan fingerprint density at radius 3 is 2.52 bits per heavy atom. The third-order valence-electron chi connectivity index (χ3n) is 3.83. The summed E-state index contributed by atoms with van der Waals surface area (Å²) in [4.78, 5) is 22.8. The van der Waals surface area contributed by atoms with Crippen LogP contribution in [0.5, 0.6) is 0 Å². The highest BCUT2D eigenvalue weighted by Crippen LogP contribution is 2.21. The van der Waals surface area contributed by atoms with Crippen molar-refractivity contribution in [3.63, 3.8) is 0 Å². The van der Waals surface area contributed by atoms with Crippen LogP contribution >= 0.6 is 0 Å². The Balaban J connectivity index is 1.99. The van der Waals surface area contributed by atoms with Crippen LogP contribution < -0.4 is 5.32 Å². The number of nitrogens with one attached hydrogen (secondary N) is 1. The highest BCUT2D eigenvalue weighted by Gasteiger charge is 2.18. The van der Waals surface area contributed by atoms with E-state index in [4.69, 9.17) is 0 Å². The summed E-state index contributed by atoms with van der Waals surface area (Å²) < 4.78 is 0. The van der Waals surface area contributed by atoms with Crippen LogP contribution in [0.25, 0.3) is 0 Å². The van der Waals surface area contributed by atoms with Crippen LogP contribution in [-0.2, 0) is 6.42 Å². The van der Waals surface area contributed by atoms with Crippen LogP contribution in [0.1, 0.15) is 34.8 Å². The molecule has 0 bridgehead atoms. The highest BCUT2D eigenvalue weighted by atomic mass is 16.6. The largest absolute Gasteiger partial charge is 0.350 e. The van der Waals surface area contributed by atoms with Gasteiger partial charge in [-0.15, -0.1) is 0 Å². The smallest absolute Gasteiger partial charge is 0.273 e. The minimum atomic E-state index is -0.467. The second kappa shape index (κ2) is 7.54. The first-order chi connectivity index (χ1) is 11.0. The van der Waals surface area contributed by atoms with Gasteiger partial charge in [-0.05, 0) is 38.3 Å². The van der Waals surface area contributed by atoms with E-state index in [1.165, 1.54) is 17.7 Å². The van der Waals surface area contributed by atoms with Crippen LogP contribution in [0.4, 0.5) is 5.69 Å². The molecule has 0 saturated carbocycles. The van der Waals surface area contributed by atoms with E-state index < -0.39 is 4.92 Å². The minimum absolute atomic E-state index is 0.0126. The van der Waals surface area contributed by atoms with E-state index >= 15 is 0 Å². The average molecular weight is 312 g/mol. The summed E-state index contributed by atoms with van der Waals surface area (Å²) in [6.07, 6.45) is 1.68. The number of hydrogen-bond donors (Lipinski definition) is 1. The molecule has 5 nitrogen and oxygen atoms in total. The molecule has 0 saturated heterocycles. The fraction of sp³-hybridized carbons (Fsp3) is 0.278. The topological polar surface area (TPSA) is 72.2 Å². The lowest BCUT2D eigenvalue weighted by Gasteiger charge is -2.15. The van der Waals surface area contributed by atoms with Crippen molar-refractivity contribution < 1.29 is 9.72 Å². The van der Waals surface area contributed by atoms with E-state index in [0.29, 0.717) is 11.1 Å². The summed E-state index contributed by atoms with van der Waals surface area (Å²) in [7, 11) is 0. The molecule has 2 aromatic carbocycles. The van der Waals surface area contributed by atoms with E-state index in [1.807, 2.05) is 25.1 Å². The van der Waals surface area contributed by atoms with Crippen molar-refractivity contribution in [1.82, 2.24) is 5.32 Å². The summed E-state index contributed by atoms with van der Waals surface area (Å²) >= 11 is 0. The predicted molar refractivity (Wildman–Crippen MR) is 89.5 cm³/mol. The average Bonchev–Trinajstić information content (AvgIpc) is 2.53. The van der Waals surface area contributed by atoms with Crippen LogP contribution in [0, 0.1) is 17.0 Å². The van der Waals surface area contributed by atoms with Crippen molar-refractivity contribution in [2.45, 2.75) is 32.7 Å². The highest BCUT2D eigenvalue weighted by molar-refractivity contribution is 5.96. The molecule has 0 spiro atoms. The Bertz CT molecular complexity index is 699. The number of nitro groups is 1.